The molecular weight excluding hydrogens is 238 g/mol. The molecule has 0 saturated heterocycles. The van der Waals surface area contributed by atoms with Gasteiger partial charge in [-0.25, -0.2) is 8.78 Å². The van der Waals surface area contributed by atoms with Gasteiger partial charge in [0.25, 0.3) is 0 Å². The maximum absolute atomic E-state index is 13.7. The average molecular weight is 248 g/mol. The van der Waals surface area contributed by atoms with Crippen LogP contribution in [0.4, 0.5) is 14.5 Å². The number of benzene rings is 1. The third-order valence-electron chi connectivity index (χ3n) is 2.57. The second kappa shape index (κ2) is 4.52. The van der Waals surface area contributed by atoms with Gasteiger partial charge < -0.3 is 5.73 Å². The first kappa shape index (κ1) is 12.2. The van der Waals surface area contributed by atoms with Crippen molar-refractivity contribution < 1.29 is 13.6 Å². The normalized spacial score (nSPS) is 10.4. The first-order valence-electron chi connectivity index (χ1n) is 5.22. The Bertz CT molecular complexity index is 626. The van der Waals surface area contributed by atoms with Gasteiger partial charge in [-0.3, -0.25) is 9.78 Å². The Morgan fingerprint density at radius 2 is 1.94 bits per heavy atom. The van der Waals surface area contributed by atoms with E-state index >= 15 is 0 Å². The van der Waals surface area contributed by atoms with E-state index in [0.29, 0.717) is 0 Å². The molecule has 0 radical (unpaired) electrons. The van der Waals surface area contributed by atoms with Gasteiger partial charge in [0.15, 0.2) is 11.6 Å². The number of nitrogen functional groups attached to an aromatic ring is 1. The monoisotopic (exact) mass is 248 g/mol. The number of anilines is 1. The number of aryl methyl sites for hydroxylation is 1. The number of carbonyl (C=O) groups is 1. The second-order valence-electron chi connectivity index (χ2n) is 3.83. The molecule has 0 saturated carbocycles. The fraction of sp³-hybridized carbons (Fsp3) is 0.0769. The van der Waals surface area contributed by atoms with Crippen molar-refractivity contribution in [3.63, 3.8) is 0 Å². The van der Waals surface area contributed by atoms with Crippen molar-refractivity contribution in [2.24, 2.45) is 0 Å². The van der Waals surface area contributed by atoms with Crippen molar-refractivity contribution in [2.45, 2.75) is 6.92 Å². The number of aromatic nitrogens is 1. The Morgan fingerprint density at radius 1 is 1.22 bits per heavy atom. The summed E-state index contributed by atoms with van der Waals surface area (Å²) in [7, 11) is 0. The lowest BCUT2D eigenvalue weighted by Gasteiger charge is -2.06. The van der Waals surface area contributed by atoms with Crippen LogP contribution in [0, 0.1) is 18.6 Å². The highest BCUT2D eigenvalue weighted by atomic mass is 19.2. The van der Waals surface area contributed by atoms with Gasteiger partial charge in [-0.05, 0) is 30.7 Å². The molecule has 0 amide bonds. The summed E-state index contributed by atoms with van der Waals surface area (Å²) in [5.41, 5.74) is 5.39. The zero-order valence-corrected chi connectivity index (χ0v) is 9.58. The van der Waals surface area contributed by atoms with E-state index in [4.69, 9.17) is 5.73 Å². The van der Waals surface area contributed by atoms with E-state index in [1.54, 1.807) is 6.07 Å². The van der Waals surface area contributed by atoms with Crippen molar-refractivity contribution in [2.75, 3.05) is 5.73 Å². The van der Waals surface area contributed by atoms with Crippen LogP contribution in [0.1, 0.15) is 21.6 Å². The standard InChI is InChI=1S/C13H10F2N2O/c1-7-4-5-8(11(15)10(7)14)13(18)12-9(16)3-2-6-17-12/h2-6H,16H2,1H3. The van der Waals surface area contributed by atoms with Crippen LogP contribution in [-0.4, -0.2) is 10.8 Å². The van der Waals surface area contributed by atoms with Gasteiger partial charge in [0, 0.05) is 6.20 Å². The molecule has 2 rings (SSSR count). The number of nitrogens with zero attached hydrogens (tertiary/aromatic N) is 1. The molecule has 3 nitrogen and oxygen atoms in total. The van der Waals surface area contributed by atoms with Crippen molar-refractivity contribution in [3.8, 4) is 0 Å². The molecule has 2 aromatic rings. The van der Waals surface area contributed by atoms with Crippen LogP contribution in [0.2, 0.25) is 0 Å². The minimum atomic E-state index is -1.18. The van der Waals surface area contributed by atoms with Crippen molar-refractivity contribution in [1.29, 1.82) is 0 Å². The lowest BCUT2D eigenvalue weighted by Crippen LogP contribution is -2.11. The minimum absolute atomic E-state index is 0.0837. The number of ketones is 1. The summed E-state index contributed by atoms with van der Waals surface area (Å²) >= 11 is 0. The Morgan fingerprint density at radius 3 is 2.61 bits per heavy atom. The molecule has 0 unspecified atom stereocenters. The van der Waals surface area contributed by atoms with Gasteiger partial charge in [0.2, 0.25) is 5.78 Å². The second-order valence-corrected chi connectivity index (χ2v) is 3.83. The molecule has 18 heavy (non-hydrogen) atoms. The Balaban J connectivity index is 2.54. The van der Waals surface area contributed by atoms with Gasteiger partial charge in [-0.15, -0.1) is 0 Å². The summed E-state index contributed by atoms with van der Waals surface area (Å²) < 4.78 is 27.1. The van der Waals surface area contributed by atoms with Crippen LogP contribution in [-0.2, 0) is 0 Å². The van der Waals surface area contributed by atoms with Gasteiger partial charge in [0.1, 0.15) is 5.69 Å². The smallest absolute Gasteiger partial charge is 0.216 e. The number of hydrogen-bond acceptors (Lipinski definition) is 3. The minimum Gasteiger partial charge on any atom is -0.397 e. The fourth-order valence-electron chi connectivity index (χ4n) is 1.56. The van der Waals surface area contributed by atoms with Crippen molar-refractivity contribution >= 4 is 11.5 Å². The zero-order valence-electron chi connectivity index (χ0n) is 9.58. The largest absolute Gasteiger partial charge is 0.397 e. The van der Waals surface area contributed by atoms with E-state index < -0.39 is 17.4 Å². The van der Waals surface area contributed by atoms with Crippen LogP contribution < -0.4 is 5.73 Å². The van der Waals surface area contributed by atoms with Crippen LogP contribution in [0.15, 0.2) is 30.5 Å². The topological polar surface area (TPSA) is 56.0 Å². The maximum Gasteiger partial charge on any atom is 0.216 e. The van der Waals surface area contributed by atoms with E-state index in [2.05, 4.69) is 4.98 Å². The number of hydrogen-bond donors (Lipinski definition) is 1. The van der Waals surface area contributed by atoms with Crippen LogP contribution in [0.5, 0.6) is 0 Å². The molecule has 0 aliphatic rings. The van der Waals surface area contributed by atoms with E-state index in [0.717, 1.165) is 0 Å². The summed E-state index contributed by atoms with van der Waals surface area (Å²) in [6.45, 7) is 1.42. The third-order valence-corrected chi connectivity index (χ3v) is 2.57. The number of carbonyl (C=O) groups excluding carboxylic acids is 1. The van der Waals surface area contributed by atoms with Gasteiger partial charge >= 0.3 is 0 Å². The van der Waals surface area contributed by atoms with Crippen LogP contribution in [0.3, 0.4) is 0 Å². The molecule has 0 aliphatic heterocycles. The van der Waals surface area contributed by atoms with E-state index in [1.165, 1.54) is 31.3 Å². The molecule has 0 aliphatic carbocycles. The molecule has 0 fully saturated rings. The van der Waals surface area contributed by atoms with Gasteiger partial charge in [-0.2, -0.15) is 0 Å². The highest BCUT2D eigenvalue weighted by molar-refractivity contribution is 6.10. The highest BCUT2D eigenvalue weighted by Crippen LogP contribution is 2.20. The van der Waals surface area contributed by atoms with Crippen molar-refractivity contribution in [3.05, 3.63) is 58.9 Å². The summed E-state index contributed by atoms with van der Waals surface area (Å²) in [4.78, 5) is 15.8. The molecule has 1 aromatic heterocycles. The maximum atomic E-state index is 13.7. The van der Waals surface area contributed by atoms with Crippen LogP contribution >= 0.6 is 0 Å². The Kier molecular flexibility index (Phi) is 3.06. The average Bonchev–Trinajstić information content (AvgIpc) is 2.36. The van der Waals surface area contributed by atoms with Crippen LogP contribution in [0.25, 0.3) is 0 Å². The number of nitrogens with two attached hydrogens (primary N) is 1. The molecule has 1 aromatic carbocycles. The summed E-state index contributed by atoms with van der Waals surface area (Å²) in [5, 5.41) is 0. The van der Waals surface area contributed by atoms with Crippen molar-refractivity contribution in [1.82, 2.24) is 4.98 Å². The number of pyridine rings is 1. The molecule has 0 atom stereocenters. The molecule has 2 N–H and O–H groups in total. The third kappa shape index (κ3) is 1.95. The zero-order chi connectivity index (χ0) is 13.3. The van der Waals surface area contributed by atoms with E-state index in [1.807, 2.05) is 0 Å². The summed E-state index contributed by atoms with van der Waals surface area (Å²) in [5.74, 6) is -2.94. The molecule has 5 heteroatoms. The summed E-state index contributed by atoms with van der Waals surface area (Å²) in [6.07, 6.45) is 1.37. The molecule has 1 heterocycles. The SMILES string of the molecule is Cc1ccc(C(=O)c2ncccc2N)c(F)c1F. The fourth-order valence-corrected chi connectivity index (χ4v) is 1.56. The Labute approximate surface area is 102 Å². The van der Waals surface area contributed by atoms with E-state index in [-0.39, 0.29) is 22.5 Å². The van der Waals surface area contributed by atoms with Gasteiger partial charge in [0.05, 0.1) is 11.3 Å². The molecule has 0 bridgehead atoms. The molecule has 92 valence electrons. The number of rotatable bonds is 2. The molecule has 0 spiro atoms. The molecular formula is C13H10F2N2O. The Hall–Kier alpha value is -2.30. The predicted octanol–water partition coefficient (Wildman–Crippen LogP) is 2.48. The lowest BCUT2D eigenvalue weighted by molar-refractivity contribution is 0.103. The lowest BCUT2D eigenvalue weighted by atomic mass is 10.0. The highest BCUT2D eigenvalue weighted by Gasteiger charge is 2.20. The first-order chi connectivity index (χ1) is 8.52. The van der Waals surface area contributed by atoms with E-state index in [9.17, 15) is 13.6 Å². The first-order valence-corrected chi connectivity index (χ1v) is 5.22. The number of halogens is 2. The summed E-state index contributed by atoms with van der Waals surface area (Å²) in [6, 6.07) is 5.59. The quantitative estimate of drug-likeness (QED) is 0.830. The van der Waals surface area contributed by atoms with Gasteiger partial charge in [-0.1, -0.05) is 6.07 Å². The predicted molar refractivity (Wildman–Crippen MR) is 63.2 cm³/mol.